The van der Waals surface area contributed by atoms with E-state index in [1.165, 1.54) is 18.4 Å². The van der Waals surface area contributed by atoms with Crippen molar-refractivity contribution in [2.75, 3.05) is 6.61 Å². The molecule has 1 saturated heterocycles. The van der Waals surface area contributed by atoms with Crippen LogP contribution >= 0.6 is 0 Å². The average molecular weight is 163 g/mol. The minimum Gasteiger partial charge on any atom is -0.378 e. The van der Waals surface area contributed by atoms with Crippen LogP contribution in [0.25, 0.3) is 0 Å². The number of ether oxygens (including phenoxy) is 1. The van der Waals surface area contributed by atoms with E-state index in [1.54, 1.807) is 0 Å². The fourth-order valence-electron chi connectivity index (χ4n) is 1.59. The van der Waals surface area contributed by atoms with Gasteiger partial charge in [-0.3, -0.25) is 4.98 Å². The van der Waals surface area contributed by atoms with Crippen LogP contribution in [-0.2, 0) is 11.2 Å². The lowest BCUT2D eigenvalue weighted by Gasteiger charge is -2.07. The van der Waals surface area contributed by atoms with Crippen LogP contribution in [0.3, 0.4) is 0 Å². The van der Waals surface area contributed by atoms with Crippen molar-refractivity contribution in [2.24, 2.45) is 0 Å². The molecule has 0 aromatic carbocycles. The topological polar surface area (TPSA) is 22.1 Å². The maximum atomic E-state index is 5.54. The first-order valence-corrected chi connectivity index (χ1v) is 4.45. The third-order valence-corrected chi connectivity index (χ3v) is 2.24. The molecule has 2 rings (SSSR count). The summed E-state index contributed by atoms with van der Waals surface area (Å²) in [5, 5.41) is 0. The highest BCUT2D eigenvalue weighted by Crippen LogP contribution is 2.16. The number of aromatic nitrogens is 1. The molecule has 1 unspecified atom stereocenters. The largest absolute Gasteiger partial charge is 0.378 e. The van der Waals surface area contributed by atoms with Gasteiger partial charge in [0.2, 0.25) is 0 Å². The summed E-state index contributed by atoms with van der Waals surface area (Å²) in [6.07, 6.45) is 7.60. The Morgan fingerprint density at radius 1 is 1.42 bits per heavy atom. The molecule has 12 heavy (non-hydrogen) atoms. The normalized spacial score (nSPS) is 22.8. The summed E-state index contributed by atoms with van der Waals surface area (Å²) in [5.41, 5.74) is 1.33. The van der Waals surface area contributed by atoms with E-state index in [4.69, 9.17) is 4.74 Å². The molecule has 1 aromatic heterocycles. The van der Waals surface area contributed by atoms with Gasteiger partial charge >= 0.3 is 0 Å². The van der Waals surface area contributed by atoms with E-state index in [9.17, 15) is 0 Å². The first-order valence-electron chi connectivity index (χ1n) is 4.45. The zero-order valence-electron chi connectivity index (χ0n) is 7.07. The Kier molecular flexibility index (Phi) is 2.37. The molecule has 0 aliphatic carbocycles. The van der Waals surface area contributed by atoms with Crippen molar-refractivity contribution in [3.63, 3.8) is 0 Å². The van der Waals surface area contributed by atoms with E-state index in [1.807, 2.05) is 12.4 Å². The number of nitrogens with zero attached hydrogens (tertiary/aromatic N) is 1. The molecule has 0 radical (unpaired) electrons. The molecule has 1 aromatic rings. The van der Waals surface area contributed by atoms with Crippen LogP contribution in [0.15, 0.2) is 24.5 Å². The first-order chi connectivity index (χ1) is 5.95. The van der Waals surface area contributed by atoms with Crippen molar-refractivity contribution in [1.82, 2.24) is 4.98 Å². The predicted octanol–water partition coefficient (Wildman–Crippen LogP) is 1.80. The standard InChI is InChI=1S/C10H13NO/c1-2-10(12-7-1)8-9-3-5-11-6-4-9/h3-6,10H,1-2,7-8H2. The molecular weight excluding hydrogens is 150 g/mol. The second-order valence-corrected chi connectivity index (χ2v) is 3.19. The summed E-state index contributed by atoms with van der Waals surface area (Å²) in [6.45, 7) is 0.940. The third-order valence-electron chi connectivity index (χ3n) is 2.24. The minimum atomic E-state index is 0.451. The van der Waals surface area contributed by atoms with Gasteiger partial charge in [-0.25, -0.2) is 0 Å². The van der Waals surface area contributed by atoms with Gasteiger partial charge in [-0.2, -0.15) is 0 Å². The number of hydrogen-bond acceptors (Lipinski definition) is 2. The average Bonchev–Trinajstić information content (AvgIpc) is 2.59. The van der Waals surface area contributed by atoms with Crippen LogP contribution in [0.2, 0.25) is 0 Å². The van der Waals surface area contributed by atoms with Crippen LogP contribution < -0.4 is 0 Å². The Morgan fingerprint density at radius 2 is 2.25 bits per heavy atom. The van der Waals surface area contributed by atoms with Gasteiger partial charge in [-0.15, -0.1) is 0 Å². The van der Waals surface area contributed by atoms with Crippen molar-refractivity contribution >= 4 is 0 Å². The zero-order valence-corrected chi connectivity index (χ0v) is 7.07. The Bertz CT molecular complexity index is 229. The summed E-state index contributed by atoms with van der Waals surface area (Å²) >= 11 is 0. The Morgan fingerprint density at radius 3 is 2.92 bits per heavy atom. The van der Waals surface area contributed by atoms with Crippen LogP contribution in [0.4, 0.5) is 0 Å². The third kappa shape index (κ3) is 1.83. The molecule has 1 atom stereocenters. The lowest BCUT2D eigenvalue weighted by atomic mass is 10.1. The molecule has 2 heterocycles. The molecule has 0 N–H and O–H groups in total. The highest BCUT2D eigenvalue weighted by Gasteiger charge is 2.15. The lowest BCUT2D eigenvalue weighted by Crippen LogP contribution is -2.08. The van der Waals surface area contributed by atoms with Gasteiger partial charge in [0.15, 0.2) is 0 Å². The quantitative estimate of drug-likeness (QED) is 0.663. The minimum absolute atomic E-state index is 0.451. The van der Waals surface area contributed by atoms with Gasteiger partial charge in [0.1, 0.15) is 0 Å². The van der Waals surface area contributed by atoms with Crippen molar-refractivity contribution in [1.29, 1.82) is 0 Å². The molecule has 0 amide bonds. The van der Waals surface area contributed by atoms with Crippen molar-refractivity contribution < 1.29 is 4.74 Å². The fourth-order valence-corrected chi connectivity index (χ4v) is 1.59. The summed E-state index contributed by atoms with van der Waals surface area (Å²) in [4.78, 5) is 3.98. The molecule has 0 bridgehead atoms. The molecule has 1 fully saturated rings. The van der Waals surface area contributed by atoms with Crippen molar-refractivity contribution in [3.8, 4) is 0 Å². The van der Waals surface area contributed by atoms with Gasteiger partial charge in [-0.05, 0) is 37.0 Å². The van der Waals surface area contributed by atoms with Gasteiger partial charge in [0.05, 0.1) is 6.10 Å². The Balaban J connectivity index is 1.94. The highest BCUT2D eigenvalue weighted by molar-refractivity contribution is 5.10. The Hall–Kier alpha value is -0.890. The monoisotopic (exact) mass is 163 g/mol. The van der Waals surface area contributed by atoms with E-state index in [0.717, 1.165) is 13.0 Å². The molecule has 64 valence electrons. The second kappa shape index (κ2) is 3.68. The maximum absolute atomic E-state index is 5.54. The SMILES string of the molecule is c1cc(CC2CCCO2)ccn1. The molecule has 2 nitrogen and oxygen atoms in total. The predicted molar refractivity (Wildman–Crippen MR) is 46.9 cm³/mol. The second-order valence-electron chi connectivity index (χ2n) is 3.19. The van der Waals surface area contributed by atoms with Gasteiger partial charge in [0.25, 0.3) is 0 Å². The smallest absolute Gasteiger partial charge is 0.0616 e. The van der Waals surface area contributed by atoms with E-state index in [0.29, 0.717) is 6.10 Å². The Labute approximate surface area is 72.6 Å². The molecular formula is C10H13NO. The summed E-state index contributed by atoms with van der Waals surface area (Å²) in [6, 6.07) is 4.11. The molecule has 1 aliphatic heterocycles. The van der Waals surface area contributed by atoms with Gasteiger partial charge in [-0.1, -0.05) is 0 Å². The zero-order chi connectivity index (χ0) is 8.23. The summed E-state index contributed by atoms with van der Waals surface area (Å²) in [5.74, 6) is 0. The van der Waals surface area contributed by atoms with Crippen LogP contribution in [0.1, 0.15) is 18.4 Å². The van der Waals surface area contributed by atoms with Crippen LogP contribution in [0, 0.1) is 0 Å². The molecule has 0 spiro atoms. The molecule has 2 heteroatoms. The summed E-state index contributed by atoms with van der Waals surface area (Å²) in [7, 11) is 0. The highest BCUT2D eigenvalue weighted by atomic mass is 16.5. The van der Waals surface area contributed by atoms with E-state index in [-0.39, 0.29) is 0 Å². The van der Waals surface area contributed by atoms with E-state index in [2.05, 4.69) is 17.1 Å². The maximum Gasteiger partial charge on any atom is 0.0616 e. The van der Waals surface area contributed by atoms with Crippen LogP contribution in [0.5, 0.6) is 0 Å². The number of hydrogen-bond donors (Lipinski definition) is 0. The van der Waals surface area contributed by atoms with E-state index < -0.39 is 0 Å². The fraction of sp³-hybridized carbons (Fsp3) is 0.500. The first kappa shape index (κ1) is 7.74. The van der Waals surface area contributed by atoms with E-state index >= 15 is 0 Å². The summed E-state index contributed by atoms with van der Waals surface area (Å²) < 4.78 is 5.54. The van der Waals surface area contributed by atoms with Crippen molar-refractivity contribution in [3.05, 3.63) is 30.1 Å². The van der Waals surface area contributed by atoms with Crippen LogP contribution in [-0.4, -0.2) is 17.7 Å². The molecule has 1 aliphatic rings. The lowest BCUT2D eigenvalue weighted by molar-refractivity contribution is 0.111. The number of rotatable bonds is 2. The van der Waals surface area contributed by atoms with Crippen molar-refractivity contribution in [2.45, 2.75) is 25.4 Å². The number of pyridine rings is 1. The van der Waals surface area contributed by atoms with Gasteiger partial charge in [0, 0.05) is 19.0 Å². The van der Waals surface area contributed by atoms with Gasteiger partial charge < -0.3 is 4.74 Å². The molecule has 0 saturated carbocycles.